The van der Waals surface area contributed by atoms with Crippen LogP contribution in [0.4, 0.5) is 11.4 Å². The number of hydrogen-bond acceptors (Lipinski definition) is 5. The number of amides is 1. The molecule has 6 nitrogen and oxygen atoms in total. The number of fused-ring (bicyclic) bond motifs is 1. The number of para-hydroxylation sites is 1. The van der Waals surface area contributed by atoms with Crippen molar-refractivity contribution in [1.82, 2.24) is 4.90 Å². The summed E-state index contributed by atoms with van der Waals surface area (Å²) in [7, 11) is 0. The van der Waals surface area contributed by atoms with Crippen molar-refractivity contribution in [1.29, 1.82) is 0 Å². The van der Waals surface area contributed by atoms with Crippen LogP contribution >= 0.6 is 0 Å². The maximum atomic E-state index is 12.4. The predicted molar refractivity (Wildman–Crippen MR) is 96.3 cm³/mol. The Morgan fingerprint density at radius 3 is 2.52 bits per heavy atom. The lowest BCUT2D eigenvalue weighted by molar-refractivity contribution is -0.129. The van der Waals surface area contributed by atoms with Gasteiger partial charge >= 0.3 is 0 Å². The number of ether oxygens (including phenoxy) is 2. The Labute approximate surface area is 146 Å². The van der Waals surface area contributed by atoms with Crippen LogP contribution in [-0.4, -0.2) is 50.3 Å². The van der Waals surface area contributed by atoms with Crippen LogP contribution < -0.4 is 19.7 Å². The lowest BCUT2D eigenvalue weighted by Crippen LogP contribution is -2.50. The summed E-state index contributed by atoms with van der Waals surface area (Å²) in [6.07, 6.45) is 0. The van der Waals surface area contributed by atoms with Gasteiger partial charge in [-0.3, -0.25) is 4.79 Å². The standard InChI is InChI=1S/C19H21N3O3/c23-19(13-20-15-6-7-17-18(12-15)25-14-24-17)22-10-8-21(9-11-22)16-4-2-1-3-5-16/h1-7,12,20H,8-11,13-14H2. The molecule has 2 heterocycles. The molecule has 6 heteroatoms. The molecular weight excluding hydrogens is 318 g/mol. The highest BCUT2D eigenvalue weighted by Gasteiger charge is 2.21. The van der Waals surface area contributed by atoms with E-state index < -0.39 is 0 Å². The molecule has 0 aliphatic carbocycles. The number of nitrogens with zero attached hydrogens (tertiary/aromatic N) is 2. The highest BCUT2D eigenvalue weighted by atomic mass is 16.7. The zero-order valence-corrected chi connectivity index (χ0v) is 14.0. The molecule has 0 aromatic heterocycles. The van der Waals surface area contributed by atoms with E-state index in [0.29, 0.717) is 5.75 Å². The quantitative estimate of drug-likeness (QED) is 0.925. The molecule has 25 heavy (non-hydrogen) atoms. The average Bonchev–Trinajstić information content (AvgIpc) is 3.15. The molecule has 4 rings (SSSR count). The van der Waals surface area contributed by atoms with Crippen LogP contribution in [0.5, 0.6) is 11.5 Å². The predicted octanol–water partition coefficient (Wildman–Crippen LogP) is 2.18. The van der Waals surface area contributed by atoms with E-state index in [1.54, 1.807) is 0 Å². The number of anilines is 2. The Morgan fingerprint density at radius 1 is 0.960 bits per heavy atom. The summed E-state index contributed by atoms with van der Waals surface area (Å²) in [5.74, 6) is 1.58. The molecule has 2 aliphatic heterocycles. The third kappa shape index (κ3) is 3.47. The Balaban J connectivity index is 1.28. The first-order valence-electron chi connectivity index (χ1n) is 8.51. The molecular formula is C19H21N3O3. The van der Waals surface area contributed by atoms with Crippen molar-refractivity contribution in [3.63, 3.8) is 0 Å². The van der Waals surface area contributed by atoms with Crippen molar-refractivity contribution >= 4 is 17.3 Å². The Morgan fingerprint density at radius 2 is 1.72 bits per heavy atom. The Kier molecular flexibility index (Phi) is 4.33. The molecule has 2 aromatic carbocycles. The second-order valence-electron chi connectivity index (χ2n) is 6.12. The summed E-state index contributed by atoms with van der Waals surface area (Å²) in [5, 5.41) is 3.17. The fraction of sp³-hybridized carbons (Fsp3) is 0.316. The molecule has 0 atom stereocenters. The highest BCUT2D eigenvalue weighted by molar-refractivity contribution is 5.81. The van der Waals surface area contributed by atoms with Crippen molar-refractivity contribution in [2.24, 2.45) is 0 Å². The number of benzene rings is 2. The largest absolute Gasteiger partial charge is 0.454 e. The normalized spacial score (nSPS) is 16.0. The van der Waals surface area contributed by atoms with E-state index in [2.05, 4.69) is 22.3 Å². The van der Waals surface area contributed by atoms with E-state index in [0.717, 1.165) is 37.6 Å². The average molecular weight is 339 g/mol. The van der Waals surface area contributed by atoms with Gasteiger partial charge in [0.15, 0.2) is 11.5 Å². The van der Waals surface area contributed by atoms with Crippen LogP contribution in [0.15, 0.2) is 48.5 Å². The first-order valence-corrected chi connectivity index (χ1v) is 8.51. The summed E-state index contributed by atoms with van der Waals surface area (Å²) in [5.41, 5.74) is 2.08. The van der Waals surface area contributed by atoms with Gasteiger partial charge in [-0.25, -0.2) is 0 Å². The van der Waals surface area contributed by atoms with E-state index in [-0.39, 0.29) is 19.2 Å². The number of carbonyl (C=O) groups excluding carboxylic acids is 1. The monoisotopic (exact) mass is 339 g/mol. The topological polar surface area (TPSA) is 54.0 Å². The minimum absolute atomic E-state index is 0.116. The summed E-state index contributed by atoms with van der Waals surface area (Å²) < 4.78 is 10.6. The van der Waals surface area contributed by atoms with E-state index in [9.17, 15) is 4.79 Å². The second kappa shape index (κ2) is 6.93. The van der Waals surface area contributed by atoms with Gasteiger partial charge in [-0.05, 0) is 24.3 Å². The van der Waals surface area contributed by atoms with E-state index in [4.69, 9.17) is 9.47 Å². The molecule has 1 fully saturated rings. The molecule has 0 unspecified atom stereocenters. The molecule has 2 aromatic rings. The summed E-state index contributed by atoms with van der Waals surface area (Å²) in [6, 6.07) is 15.9. The molecule has 1 saturated heterocycles. The maximum absolute atomic E-state index is 12.4. The van der Waals surface area contributed by atoms with Crippen molar-refractivity contribution in [3.8, 4) is 11.5 Å². The van der Waals surface area contributed by atoms with Gasteiger partial charge < -0.3 is 24.6 Å². The minimum atomic E-state index is 0.116. The van der Waals surface area contributed by atoms with E-state index in [1.807, 2.05) is 41.3 Å². The van der Waals surface area contributed by atoms with E-state index in [1.165, 1.54) is 5.69 Å². The van der Waals surface area contributed by atoms with Crippen LogP contribution in [0.25, 0.3) is 0 Å². The van der Waals surface area contributed by atoms with Crippen LogP contribution in [-0.2, 0) is 4.79 Å². The Hall–Kier alpha value is -2.89. The number of carbonyl (C=O) groups is 1. The number of piperazine rings is 1. The summed E-state index contributed by atoms with van der Waals surface area (Å²) in [4.78, 5) is 16.7. The smallest absolute Gasteiger partial charge is 0.241 e. The number of rotatable bonds is 4. The van der Waals surface area contributed by atoms with Crippen LogP contribution in [0.1, 0.15) is 0 Å². The lowest BCUT2D eigenvalue weighted by atomic mass is 10.2. The SMILES string of the molecule is O=C(CNc1ccc2c(c1)OCO2)N1CCN(c2ccccc2)CC1. The van der Waals surface area contributed by atoms with Gasteiger partial charge in [0.1, 0.15) is 0 Å². The molecule has 0 spiro atoms. The number of nitrogens with one attached hydrogen (secondary N) is 1. The minimum Gasteiger partial charge on any atom is -0.454 e. The molecule has 0 saturated carbocycles. The first-order chi connectivity index (χ1) is 12.3. The van der Waals surface area contributed by atoms with E-state index >= 15 is 0 Å². The molecule has 1 amide bonds. The first kappa shape index (κ1) is 15.6. The van der Waals surface area contributed by atoms with Crippen molar-refractivity contribution in [3.05, 3.63) is 48.5 Å². The van der Waals surface area contributed by atoms with Gasteiger partial charge in [0.2, 0.25) is 12.7 Å². The van der Waals surface area contributed by atoms with Gasteiger partial charge in [0.25, 0.3) is 0 Å². The summed E-state index contributed by atoms with van der Waals surface area (Å²) in [6.45, 7) is 3.75. The zero-order valence-electron chi connectivity index (χ0n) is 14.0. The molecule has 0 radical (unpaired) electrons. The van der Waals surface area contributed by atoms with Gasteiger partial charge in [0, 0.05) is 43.6 Å². The third-order valence-electron chi connectivity index (χ3n) is 4.57. The Bertz CT molecular complexity index is 743. The maximum Gasteiger partial charge on any atom is 0.241 e. The third-order valence-corrected chi connectivity index (χ3v) is 4.57. The lowest BCUT2D eigenvalue weighted by Gasteiger charge is -2.36. The summed E-state index contributed by atoms with van der Waals surface area (Å²) >= 11 is 0. The molecule has 1 N–H and O–H groups in total. The van der Waals surface area contributed by atoms with Crippen molar-refractivity contribution in [2.45, 2.75) is 0 Å². The van der Waals surface area contributed by atoms with Gasteiger partial charge in [0.05, 0.1) is 6.54 Å². The van der Waals surface area contributed by atoms with Crippen LogP contribution in [0, 0.1) is 0 Å². The van der Waals surface area contributed by atoms with Crippen molar-refractivity contribution in [2.75, 3.05) is 49.7 Å². The van der Waals surface area contributed by atoms with Gasteiger partial charge in [-0.2, -0.15) is 0 Å². The molecule has 0 bridgehead atoms. The second-order valence-corrected chi connectivity index (χ2v) is 6.12. The molecule has 2 aliphatic rings. The highest BCUT2D eigenvalue weighted by Crippen LogP contribution is 2.34. The van der Waals surface area contributed by atoms with Gasteiger partial charge in [-0.1, -0.05) is 18.2 Å². The van der Waals surface area contributed by atoms with Gasteiger partial charge in [-0.15, -0.1) is 0 Å². The molecule has 130 valence electrons. The fourth-order valence-corrected chi connectivity index (χ4v) is 3.15. The zero-order chi connectivity index (χ0) is 17.1. The number of hydrogen-bond donors (Lipinski definition) is 1. The van der Waals surface area contributed by atoms with Crippen molar-refractivity contribution < 1.29 is 14.3 Å². The van der Waals surface area contributed by atoms with Crippen LogP contribution in [0.2, 0.25) is 0 Å². The van der Waals surface area contributed by atoms with Crippen LogP contribution in [0.3, 0.4) is 0 Å². The fourth-order valence-electron chi connectivity index (χ4n) is 3.15.